The number of hydrogen-bond acceptors (Lipinski definition) is 6. The van der Waals surface area contributed by atoms with E-state index in [1.54, 1.807) is 6.20 Å². The van der Waals surface area contributed by atoms with Gasteiger partial charge in [-0.3, -0.25) is 10.1 Å². The normalized spacial score (nSPS) is 17.8. The van der Waals surface area contributed by atoms with Crippen molar-refractivity contribution in [3.8, 4) is 16.6 Å². The lowest BCUT2D eigenvalue weighted by molar-refractivity contribution is -0.131. The Morgan fingerprint density at radius 3 is 3.05 bits per heavy atom. The van der Waals surface area contributed by atoms with E-state index in [1.165, 1.54) is 16.2 Å². The average molecular weight is 314 g/mol. The van der Waals surface area contributed by atoms with Crippen molar-refractivity contribution >= 4 is 22.4 Å². The highest BCUT2D eigenvalue weighted by atomic mass is 32.1. The van der Waals surface area contributed by atoms with Crippen molar-refractivity contribution in [2.75, 3.05) is 25.0 Å². The number of nitrogens with zero attached hydrogens (tertiary/aromatic N) is 3. The summed E-state index contributed by atoms with van der Waals surface area (Å²) >= 11 is 1.41. The summed E-state index contributed by atoms with van der Waals surface area (Å²) in [4.78, 5) is 18.9. The SMILES string of the molecule is N#CN1CCO[C@H](C(=O)Nc2ncc(-c3ccccc3)s2)C1. The van der Waals surface area contributed by atoms with Crippen LogP contribution < -0.4 is 5.32 Å². The lowest BCUT2D eigenvalue weighted by atomic mass is 10.2. The molecule has 1 fully saturated rings. The fraction of sp³-hybridized carbons (Fsp3) is 0.267. The smallest absolute Gasteiger partial charge is 0.257 e. The van der Waals surface area contributed by atoms with Gasteiger partial charge in [-0.1, -0.05) is 41.7 Å². The van der Waals surface area contributed by atoms with Gasteiger partial charge in [-0.25, -0.2) is 4.98 Å². The molecule has 3 rings (SSSR count). The molecule has 0 radical (unpaired) electrons. The largest absolute Gasteiger partial charge is 0.365 e. The number of nitrogens with one attached hydrogen (secondary N) is 1. The Morgan fingerprint density at radius 1 is 1.45 bits per heavy atom. The van der Waals surface area contributed by atoms with E-state index in [1.807, 2.05) is 36.5 Å². The molecule has 1 aliphatic rings. The van der Waals surface area contributed by atoms with Crippen LogP contribution in [-0.2, 0) is 9.53 Å². The number of rotatable bonds is 3. The molecule has 0 bridgehead atoms. The summed E-state index contributed by atoms with van der Waals surface area (Å²) < 4.78 is 5.41. The fourth-order valence-electron chi connectivity index (χ4n) is 2.15. The van der Waals surface area contributed by atoms with Gasteiger partial charge in [-0.05, 0) is 5.56 Å². The highest BCUT2D eigenvalue weighted by Gasteiger charge is 2.26. The lowest BCUT2D eigenvalue weighted by Gasteiger charge is -2.27. The molecular weight excluding hydrogens is 300 g/mol. The Hall–Kier alpha value is -2.43. The molecule has 1 N–H and O–H groups in total. The van der Waals surface area contributed by atoms with Crippen LogP contribution in [0.4, 0.5) is 5.13 Å². The molecule has 1 aromatic carbocycles. The Kier molecular flexibility index (Phi) is 4.32. The standard InChI is InChI=1S/C15H14N4O2S/c16-10-19-6-7-21-12(9-19)14(20)18-15-17-8-13(22-15)11-4-2-1-3-5-11/h1-5,8,12H,6-7,9H2,(H,17,18,20)/t12-/m0/s1. The van der Waals surface area contributed by atoms with Crippen LogP contribution in [0.15, 0.2) is 36.5 Å². The van der Waals surface area contributed by atoms with Gasteiger partial charge in [0.25, 0.3) is 5.91 Å². The highest BCUT2D eigenvalue weighted by molar-refractivity contribution is 7.19. The molecule has 0 aliphatic carbocycles. The van der Waals surface area contributed by atoms with Crippen molar-refractivity contribution in [3.63, 3.8) is 0 Å². The van der Waals surface area contributed by atoms with E-state index in [2.05, 4.69) is 10.3 Å². The van der Waals surface area contributed by atoms with Gasteiger partial charge < -0.3 is 9.64 Å². The first kappa shape index (κ1) is 14.5. The number of thiazole rings is 1. The van der Waals surface area contributed by atoms with Crippen molar-refractivity contribution in [2.24, 2.45) is 0 Å². The van der Waals surface area contributed by atoms with Crippen molar-refractivity contribution < 1.29 is 9.53 Å². The van der Waals surface area contributed by atoms with Gasteiger partial charge in [-0.15, -0.1) is 0 Å². The molecule has 1 saturated heterocycles. The van der Waals surface area contributed by atoms with Gasteiger partial charge >= 0.3 is 0 Å². The third-order valence-electron chi connectivity index (χ3n) is 3.29. The van der Waals surface area contributed by atoms with Crippen LogP contribution in [-0.4, -0.2) is 41.6 Å². The van der Waals surface area contributed by atoms with Crippen LogP contribution in [0.1, 0.15) is 0 Å². The van der Waals surface area contributed by atoms with Crippen LogP contribution in [0.25, 0.3) is 10.4 Å². The minimum Gasteiger partial charge on any atom is -0.365 e. The lowest BCUT2D eigenvalue weighted by Crippen LogP contribution is -2.46. The summed E-state index contributed by atoms with van der Waals surface area (Å²) in [6.45, 7) is 1.17. The number of anilines is 1. The summed E-state index contributed by atoms with van der Waals surface area (Å²) in [5.41, 5.74) is 1.06. The molecule has 0 saturated carbocycles. The molecule has 0 unspecified atom stereocenters. The molecule has 1 atom stereocenters. The second-order valence-corrected chi connectivity index (χ2v) is 5.82. The molecule has 0 spiro atoms. The number of ether oxygens (including phenoxy) is 1. The first-order chi connectivity index (χ1) is 10.8. The topological polar surface area (TPSA) is 78.2 Å². The minimum absolute atomic E-state index is 0.270. The second-order valence-electron chi connectivity index (χ2n) is 4.79. The van der Waals surface area contributed by atoms with Crippen molar-refractivity contribution in [1.29, 1.82) is 5.26 Å². The zero-order valence-corrected chi connectivity index (χ0v) is 12.5. The van der Waals surface area contributed by atoms with Crippen LogP contribution in [0.2, 0.25) is 0 Å². The van der Waals surface area contributed by atoms with Crippen molar-refractivity contribution in [1.82, 2.24) is 9.88 Å². The maximum absolute atomic E-state index is 12.2. The minimum atomic E-state index is -0.641. The zero-order valence-electron chi connectivity index (χ0n) is 11.7. The summed E-state index contributed by atoms with van der Waals surface area (Å²) in [6.07, 6.45) is 3.13. The predicted octanol–water partition coefficient (Wildman–Crippen LogP) is 1.93. The van der Waals surface area contributed by atoms with E-state index >= 15 is 0 Å². The highest BCUT2D eigenvalue weighted by Crippen LogP contribution is 2.28. The van der Waals surface area contributed by atoms with E-state index in [0.717, 1.165) is 10.4 Å². The molecule has 7 heteroatoms. The van der Waals surface area contributed by atoms with Gasteiger partial charge in [0, 0.05) is 6.20 Å². The summed E-state index contributed by atoms with van der Waals surface area (Å²) in [7, 11) is 0. The molecule has 2 aromatic rings. The van der Waals surface area contributed by atoms with Crippen LogP contribution in [0, 0.1) is 11.5 Å². The zero-order chi connectivity index (χ0) is 15.4. The number of hydrogen-bond donors (Lipinski definition) is 1. The van der Waals surface area contributed by atoms with E-state index in [0.29, 0.717) is 18.3 Å². The van der Waals surface area contributed by atoms with Gasteiger partial charge in [0.15, 0.2) is 17.4 Å². The third-order valence-corrected chi connectivity index (χ3v) is 4.26. The molecule has 112 valence electrons. The average Bonchev–Trinajstić information content (AvgIpc) is 3.04. The molecule has 1 aromatic heterocycles. The Balaban J connectivity index is 1.65. The maximum atomic E-state index is 12.2. The Bertz CT molecular complexity index is 695. The van der Waals surface area contributed by atoms with Gasteiger partial charge in [0.05, 0.1) is 24.6 Å². The number of carbonyl (C=O) groups is 1. The quantitative estimate of drug-likeness (QED) is 0.876. The number of benzene rings is 1. The van der Waals surface area contributed by atoms with Crippen LogP contribution >= 0.6 is 11.3 Å². The Labute approximate surface area is 132 Å². The van der Waals surface area contributed by atoms with E-state index in [-0.39, 0.29) is 12.5 Å². The molecule has 6 nitrogen and oxygen atoms in total. The number of nitriles is 1. The monoisotopic (exact) mass is 314 g/mol. The number of carbonyl (C=O) groups excluding carboxylic acids is 1. The first-order valence-corrected chi connectivity index (χ1v) is 7.66. The Morgan fingerprint density at radius 2 is 2.27 bits per heavy atom. The molecule has 2 heterocycles. The fourth-order valence-corrected chi connectivity index (χ4v) is 2.98. The van der Waals surface area contributed by atoms with Gasteiger partial charge in [0.2, 0.25) is 0 Å². The number of aromatic nitrogens is 1. The van der Waals surface area contributed by atoms with Crippen molar-refractivity contribution in [3.05, 3.63) is 36.5 Å². The third kappa shape index (κ3) is 3.24. The van der Waals surface area contributed by atoms with Crippen LogP contribution in [0.5, 0.6) is 0 Å². The number of amides is 1. The van der Waals surface area contributed by atoms with E-state index < -0.39 is 6.10 Å². The van der Waals surface area contributed by atoms with E-state index in [4.69, 9.17) is 10.00 Å². The molecule has 1 amide bonds. The van der Waals surface area contributed by atoms with Gasteiger partial charge in [-0.2, -0.15) is 5.26 Å². The summed E-state index contributed by atoms with van der Waals surface area (Å²) in [5.74, 6) is -0.270. The molecule has 1 aliphatic heterocycles. The number of morpholine rings is 1. The predicted molar refractivity (Wildman–Crippen MR) is 83.1 cm³/mol. The second kappa shape index (κ2) is 6.56. The maximum Gasteiger partial charge on any atom is 0.257 e. The summed E-state index contributed by atoms with van der Waals surface area (Å²) in [6, 6.07) is 9.86. The van der Waals surface area contributed by atoms with Crippen LogP contribution in [0.3, 0.4) is 0 Å². The van der Waals surface area contributed by atoms with Crippen molar-refractivity contribution in [2.45, 2.75) is 6.10 Å². The van der Waals surface area contributed by atoms with E-state index in [9.17, 15) is 4.79 Å². The molecule has 22 heavy (non-hydrogen) atoms. The summed E-state index contributed by atoms with van der Waals surface area (Å²) in [5, 5.41) is 12.2. The van der Waals surface area contributed by atoms with Gasteiger partial charge in [0.1, 0.15) is 0 Å². The first-order valence-electron chi connectivity index (χ1n) is 6.84. The molecular formula is C15H14N4O2S.